The Kier molecular flexibility index (Phi) is 4.90. The molecular weight excluding hydrogens is 396 g/mol. The predicted octanol–water partition coefficient (Wildman–Crippen LogP) is 4.32. The smallest absolute Gasteiger partial charge is 0.259 e. The minimum atomic E-state index is -0.468. The minimum absolute atomic E-state index is 0.0639. The lowest BCUT2D eigenvalue weighted by atomic mass is 10.1. The van der Waals surface area contributed by atoms with Crippen molar-refractivity contribution in [3.05, 3.63) is 64.9 Å². The molecule has 0 fully saturated rings. The first-order valence-electron chi connectivity index (χ1n) is 8.74. The number of ether oxygens (including phenoxy) is 3. The zero-order valence-electron chi connectivity index (χ0n) is 15.7. The maximum Gasteiger partial charge on any atom is 0.259 e. The van der Waals surface area contributed by atoms with Crippen LogP contribution in [0.3, 0.4) is 0 Å². The van der Waals surface area contributed by atoms with Gasteiger partial charge >= 0.3 is 0 Å². The monoisotopic (exact) mass is 412 g/mol. The molecule has 0 aliphatic carbocycles. The Morgan fingerprint density at radius 3 is 2.41 bits per heavy atom. The Labute approximate surface area is 171 Å². The number of aromatic nitrogens is 1. The Balaban J connectivity index is 1.71. The molecule has 0 bridgehead atoms. The molecule has 0 radical (unpaired) electrons. The van der Waals surface area contributed by atoms with Gasteiger partial charge in [0.05, 0.1) is 29.1 Å². The van der Waals surface area contributed by atoms with E-state index in [4.69, 9.17) is 25.8 Å². The topological polar surface area (TPSA) is 78.8 Å². The number of fused-ring (bicyclic) bond motifs is 1. The summed E-state index contributed by atoms with van der Waals surface area (Å²) in [7, 11) is 1.47. The van der Waals surface area contributed by atoms with Gasteiger partial charge in [0.15, 0.2) is 17.3 Å². The number of benzene rings is 2. The summed E-state index contributed by atoms with van der Waals surface area (Å²) >= 11 is 6.41. The van der Waals surface area contributed by atoms with Gasteiger partial charge < -0.3 is 24.1 Å². The van der Waals surface area contributed by atoms with Gasteiger partial charge in [-0.25, -0.2) is 0 Å². The number of amides is 1. The Morgan fingerprint density at radius 1 is 1.07 bits per heavy atom. The Bertz CT molecular complexity index is 1110. The van der Waals surface area contributed by atoms with Gasteiger partial charge in [-0.15, -0.1) is 0 Å². The van der Waals surface area contributed by atoms with Crippen molar-refractivity contribution in [2.24, 2.45) is 0 Å². The normalized spacial score (nSPS) is 12.0. The van der Waals surface area contributed by atoms with E-state index in [1.165, 1.54) is 20.1 Å². The lowest BCUT2D eigenvalue weighted by molar-refractivity contribution is 0.101. The third-order valence-electron chi connectivity index (χ3n) is 4.54. The van der Waals surface area contributed by atoms with E-state index in [-0.39, 0.29) is 18.1 Å². The number of anilines is 1. The van der Waals surface area contributed by atoms with Crippen molar-refractivity contribution in [1.82, 2.24) is 4.57 Å². The van der Waals surface area contributed by atoms with E-state index in [1.54, 1.807) is 18.2 Å². The van der Waals surface area contributed by atoms with Gasteiger partial charge in [-0.2, -0.15) is 0 Å². The fourth-order valence-corrected chi connectivity index (χ4v) is 3.37. The number of hydrogen-bond acceptors (Lipinski definition) is 5. The Morgan fingerprint density at radius 2 is 1.76 bits per heavy atom. The number of nitrogens with zero attached hydrogens (tertiary/aromatic N) is 1. The second-order valence-corrected chi connectivity index (χ2v) is 6.76. The largest absolute Gasteiger partial charge is 0.496 e. The van der Waals surface area contributed by atoms with Gasteiger partial charge in [0.25, 0.3) is 5.91 Å². The standard InChI is InChI=1S/C21H17ClN2O5/c1-12(25)13-8-19-20(29-11-28-19)9-16(13)23-21(26)14-7-15(22)17(10-18(14)27-2)24-5-3-4-6-24/h3-10H,11H2,1-2H3,(H,23,26). The number of rotatable bonds is 5. The molecule has 29 heavy (non-hydrogen) atoms. The first-order chi connectivity index (χ1) is 14.0. The molecule has 1 aliphatic rings. The van der Waals surface area contributed by atoms with Crippen LogP contribution >= 0.6 is 11.6 Å². The van der Waals surface area contributed by atoms with Crippen molar-refractivity contribution in [1.29, 1.82) is 0 Å². The molecule has 0 saturated heterocycles. The van der Waals surface area contributed by atoms with E-state index >= 15 is 0 Å². The number of methoxy groups -OCH3 is 1. The van der Waals surface area contributed by atoms with Crippen LogP contribution in [0.5, 0.6) is 17.2 Å². The molecule has 1 aliphatic heterocycles. The third-order valence-corrected chi connectivity index (χ3v) is 4.84. The van der Waals surface area contributed by atoms with Crippen LogP contribution in [-0.4, -0.2) is 30.2 Å². The maximum absolute atomic E-state index is 13.0. The van der Waals surface area contributed by atoms with Crippen molar-refractivity contribution in [3.8, 4) is 22.9 Å². The fraction of sp³-hybridized carbons (Fsp3) is 0.143. The molecule has 1 amide bonds. The van der Waals surface area contributed by atoms with Gasteiger partial charge in [0.2, 0.25) is 6.79 Å². The third kappa shape index (κ3) is 3.52. The molecule has 1 N–H and O–H groups in total. The molecule has 1 aromatic heterocycles. The van der Waals surface area contributed by atoms with E-state index in [2.05, 4.69) is 5.32 Å². The van der Waals surface area contributed by atoms with Crippen LogP contribution in [0.25, 0.3) is 5.69 Å². The number of carbonyl (C=O) groups excluding carboxylic acids is 2. The number of nitrogens with one attached hydrogen (secondary N) is 1. The van der Waals surface area contributed by atoms with Gasteiger partial charge in [0.1, 0.15) is 5.75 Å². The SMILES string of the molecule is COc1cc(-n2cccc2)c(Cl)cc1C(=O)Nc1cc2c(cc1C(C)=O)OCO2. The highest BCUT2D eigenvalue weighted by Gasteiger charge is 2.22. The molecule has 0 saturated carbocycles. The highest BCUT2D eigenvalue weighted by Crippen LogP contribution is 2.38. The molecule has 4 rings (SSSR count). The molecule has 0 unspecified atom stereocenters. The fourth-order valence-electron chi connectivity index (χ4n) is 3.11. The van der Waals surface area contributed by atoms with Crippen molar-refractivity contribution in [2.75, 3.05) is 19.2 Å². The summed E-state index contributed by atoms with van der Waals surface area (Å²) < 4.78 is 17.9. The molecule has 2 heterocycles. The molecule has 3 aromatic rings. The van der Waals surface area contributed by atoms with Crippen molar-refractivity contribution in [2.45, 2.75) is 6.92 Å². The highest BCUT2D eigenvalue weighted by molar-refractivity contribution is 6.33. The minimum Gasteiger partial charge on any atom is -0.496 e. The lowest BCUT2D eigenvalue weighted by Gasteiger charge is -2.15. The van der Waals surface area contributed by atoms with Crippen molar-refractivity contribution < 1.29 is 23.8 Å². The molecule has 148 valence electrons. The van der Waals surface area contributed by atoms with Crippen LogP contribution in [0.1, 0.15) is 27.6 Å². The van der Waals surface area contributed by atoms with Crippen LogP contribution in [0.4, 0.5) is 5.69 Å². The second-order valence-electron chi connectivity index (χ2n) is 6.36. The molecule has 7 nitrogen and oxygen atoms in total. The lowest BCUT2D eigenvalue weighted by Crippen LogP contribution is -2.16. The van der Waals surface area contributed by atoms with Gasteiger partial charge in [-0.3, -0.25) is 9.59 Å². The molecular formula is C21H17ClN2O5. The number of Topliss-reactive ketones (excluding diaryl/α,β-unsaturated/α-hetero) is 1. The molecule has 0 spiro atoms. The summed E-state index contributed by atoms with van der Waals surface area (Å²) in [5.74, 6) is 0.583. The van der Waals surface area contributed by atoms with Crippen LogP contribution < -0.4 is 19.5 Å². The van der Waals surface area contributed by atoms with Crippen LogP contribution in [0.2, 0.25) is 5.02 Å². The van der Waals surface area contributed by atoms with Gasteiger partial charge in [0, 0.05) is 30.1 Å². The summed E-state index contributed by atoms with van der Waals surface area (Å²) in [5, 5.41) is 3.13. The number of halogens is 1. The molecule has 0 atom stereocenters. The maximum atomic E-state index is 13.0. The van der Waals surface area contributed by atoms with Crippen LogP contribution in [0, 0.1) is 0 Å². The molecule has 2 aromatic carbocycles. The zero-order chi connectivity index (χ0) is 20.5. The van der Waals surface area contributed by atoms with E-state index in [1.807, 2.05) is 29.1 Å². The Hall–Kier alpha value is -3.45. The first-order valence-corrected chi connectivity index (χ1v) is 9.12. The zero-order valence-corrected chi connectivity index (χ0v) is 16.4. The van der Waals surface area contributed by atoms with Crippen molar-refractivity contribution >= 4 is 29.0 Å². The summed E-state index contributed by atoms with van der Waals surface area (Å²) in [5.41, 5.74) is 1.55. The van der Waals surface area contributed by atoms with E-state index in [0.717, 1.165) is 0 Å². The second kappa shape index (κ2) is 7.52. The van der Waals surface area contributed by atoms with Crippen molar-refractivity contribution in [3.63, 3.8) is 0 Å². The van der Waals surface area contributed by atoms with Gasteiger partial charge in [-0.1, -0.05) is 11.6 Å². The summed E-state index contributed by atoms with van der Waals surface area (Å²) in [6, 6.07) is 10.1. The summed E-state index contributed by atoms with van der Waals surface area (Å²) in [6.45, 7) is 1.48. The summed E-state index contributed by atoms with van der Waals surface area (Å²) in [4.78, 5) is 25.0. The van der Waals surface area contributed by atoms with Crippen LogP contribution in [-0.2, 0) is 0 Å². The highest BCUT2D eigenvalue weighted by atomic mass is 35.5. The number of carbonyl (C=O) groups is 2. The summed E-state index contributed by atoms with van der Waals surface area (Å²) in [6.07, 6.45) is 3.68. The average molecular weight is 413 g/mol. The number of hydrogen-bond donors (Lipinski definition) is 1. The number of ketones is 1. The van der Waals surface area contributed by atoms with E-state index < -0.39 is 5.91 Å². The van der Waals surface area contributed by atoms with E-state index in [9.17, 15) is 9.59 Å². The van der Waals surface area contributed by atoms with Crippen LogP contribution in [0.15, 0.2) is 48.8 Å². The first kappa shape index (κ1) is 18.9. The average Bonchev–Trinajstić information content (AvgIpc) is 3.38. The molecule has 8 heteroatoms. The quantitative estimate of drug-likeness (QED) is 0.631. The van der Waals surface area contributed by atoms with Gasteiger partial charge in [-0.05, 0) is 31.2 Å². The van der Waals surface area contributed by atoms with E-state index in [0.29, 0.717) is 39.2 Å². The predicted molar refractivity (Wildman–Crippen MR) is 108 cm³/mol.